The predicted molar refractivity (Wildman–Crippen MR) is 222 cm³/mol. The zero-order valence-electron chi connectivity index (χ0n) is 29.3. The lowest BCUT2D eigenvalue weighted by molar-refractivity contribution is 0.660. The molecule has 1 aliphatic rings. The van der Waals surface area contributed by atoms with Crippen LogP contribution in [0.2, 0.25) is 0 Å². The number of benzene rings is 9. The van der Waals surface area contributed by atoms with Crippen molar-refractivity contribution in [2.24, 2.45) is 0 Å². The first-order valence-electron chi connectivity index (χ1n) is 18.2. The first kappa shape index (κ1) is 30.4. The number of hydrogen-bond acceptors (Lipinski definition) is 1. The summed E-state index contributed by atoms with van der Waals surface area (Å²) >= 11 is 0. The summed E-state index contributed by atoms with van der Waals surface area (Å²) in [5.74, 6) is 0. The van der Waals surface area contributed by atoms with Crippen LogP contribution in [0.5, 0.6) is 0 Å². The zero-order valence-corrected chi connectivity index (χ0v) is 29.3. The van der Waals surface area contributed by atoms with E-state index in [1.165, 1.54) is 82.5 Å². The van der Waals surface area contributed by atoms with Crippen LogP contribution >= 0.6 is 0 Å². The maximum atomic E-state index is 2.48. The van der Waals surface area contributed by atoms with Crippen molar-refractivity contribution in [3.8, 4) is 33.4 Å². The summed E-state index contributed by atoms with van der Waals surface area (Å²) in [4.78, 5) is 2.48. The molecule has 0 aromatic heterocycles. The molecule has 9 aromatic carbocycles. The Morgan fingerprint density at radius 1 is 0.346 bits per heavy atom. The molecule has 1 heteroatoms. The van der Waals surface area contributed by atoms with Gasteiger partial charge in [0.2, 0.25) is 0 Å². The quantitative estimate of drug-likeness (QED) is 0.166. The van der Waals surface area contributed by atoms with Crippen LogP contribution in [0.25, 0.3) is 65.7 Å². The van der Waals surface area contributed by atoms with Crippen LogP contribution in [0, 0.1) is 0 Å². The Labute approximate surface area is 305 Å². The third kappa shape index (κ3) is 4.77. The van der Waals surface area contributed by atoms with E-state index >= 15 is 0 Å². The van der Waals surface area contributed by atoms with Crippen molar-refractivity contribution in [3.05, 3.63) is 199 Å². The minimum atomic E-state index is -0.108. The predicted octanol–water partition coefficient (Wildman–Crippen LogP) is 14.3. The summed E-state index contributed by atoms with van der Waals surface area (Å²) in [5.41, 5.74) is 13.6. The third-order valence-corrected chi connectivity index (χ3v) is 11.2. The number of rotatable bonds is 5. The van der Waals surface area contributed by atoms with E-state index in [0.29, 0.717) is 0 Å². The molecule has 52 heavy (non-hydrogen) atoms. The van der Waals surface area contributed by atoms with Crippen LogP contribution in [0.4, 0.5) is 17.1 Å². The Morgan fingerprint density at radius 3 is 1.79 bits per heavy atom. The number of anilines is 3. The molecule has 246 valence electrons. The molecule has 0 heterocycles. The fraction of sp³-hybridized carbons (Fsp3) is 0.0588. The molecule has 0 fully saturated rings. The molecule has 0 radical (unpaired) electrons. The molecular formula is C51H37N. The lowest BCUT2D eigenvalue weighted by Gasteiger charge is -2.30. The highest BCUT2D eigenvalue weighted by molar-refractivity contribution is 6.14. The van der Waals surface area contributed by atoms with Crippen molar-refractivity contribution >= 4 is 49.4 Å². The summed E-state index contributed by atoms with van der Waals surface area (Å²) in [6, 6.07) is 69.3. The van der Waals surface area contributed by atoms with Crippen LogP contribution in [-0.2, 0) is 5.41 Å². The molecule has 0 N–H and O–H groups in total. The second-order valence-electron chi connectivity index (χ2n) is 14.6. The van der Waals surface area contributed by atoms with Gasteiger partial charge in [-0.1, -0.05) is 166 Å². The average molecular weight is 664 g/mol. The molecule has 0 spiro atoms. The Hall–Kier alpha value is -6.44. The van der Waals surface area contributed by atoms with Crippen molar-refractivity contribution in [1.29, 1.82) is 0 Å². The van der Waals surface area contributed by atoms with Crippen molar-refractivity contribution in [3.63, 3.8) is 0 Å². The molecule has 9 aromatic rings. The zero-order chi connectivity index (χ0) is 34.8. The Morgan fingerprint density at radius 2 is 0.923 bits per heavy atom. The van der Waals surface area contributed by atoms with Gasteiger partial charge >= 0.3 is 0 Å². The Bertz CT molecular complexity index is 2830. The molecule has 1 nitrogen and oxygen atoms in total. The molecule has 0 amide bonds. The molecule has 0 unspecified atom stereocenters. The maximum absolute atomic E-state index is 2.48. The van der Waals surface area contributed by atoms with Crippen molar-refractivity contribution in [2.75, 3.05) is 4.90 Å². The van der Waals surface area contributed by atoms with Gasteiger partial charge in [-0.3, -0.25) is 0 Å². The number of fused-ring (bicyclic) bond motifs is 7. The Balaban J connectivity index is 1.18. The summed E-state index contributed by atoms with van der Waals surface area (Å²) < 4.78 is 0. The van der Waals surface area contributed by atoms with Crippen LogP contribution in [0.3, 0.4) is 0 Å². The first-order chi connectivity index (χ1) is 25.5. The molecule has 0 atom stereocenters. The van der Waals surface area contributed by atoms with Gasteiger partial charge in [0.05, 0.1) is 5.69 Å². The van der Waals surface area contributed by atoms with E-state index in [-0.39, 0.29) is 5.41 Å². The van der Waals surface area contributed by atoms with Gasteiger partial charge < -0.3 is 4.90 Å². The highest BCUT2D eigenvalue weighted by Crippen LogP contribution is 2.51. The fourth-order valence-corrected chi connectivity index (χ4v) is 8.65. The van der Waals surface area contributed by atoms with E-state index in [0.717, 1.165) is 11.4 Å². The van der Waals surface area contributed by atoms with Crippen LogP contribution < -0.4 is 4.90 Å². The van der Waals surface area contributed by atoms with Gasteiger partial charge in [0.25, 0.3) is 0 Å². The van der Waals surface area contributed by atoms with Crippen molar-refractivity contribution < 1.29 is 0 Å². The molecule has 1 aliphatic carbocycles. The molecule has 0 saturated carbocycles. The second-order valence-corrected chi connectivity index (χ2v) is 14.6. The van der Waals surface area contributed by atoms with Gasteiger partial charge in [-0.15, -0.1) is 0 Å². The molecular weight excluding hydrogens is 627 g/mol. The average Bonchev–Trinajstić information content (AvgIpc) is 3.43. The van der Waals surface area contributed by atoms with Gasteiger partial charge in [0, 0.05) is 22.2 Å². The van der Waals surface area contributed by atoms with Crippen LogP contribution in [-0.4, -0.2) is 0 Å². The van der Waals surface area contributed by atoms with Gasteiger partial charge in [0.15, 0.2) is 0 Å². The fourth-order valence-electron chi connectivity index (χ4n) is 8.65. The molecule has 10 rings (SSSR count). The first-order valence-corrected chi connectivity index (χ1v) is 18.2. The normalized spacial score (nSPS) is 13.0. The van der Waals surface area contributed by atoms with Crippen molar-refractivity contribution in [2.45, 2.75) is 19.3 Å². The van der Waals surface area contributed by atoms with E-state index in [4.69, 9.17) is 0 Å². The van der Waals surface area contributed by atoms with Gasteiger partial charge in [0.1, 0.15) is 0 Å². The van der Waals surface area contributed by atoms with E-state index in [1.54, 1.807) is 0 Å². The minimum absolute atomic E-state index is 0.108. The SMILES string of the molecule is CC1(C)c2ccccc2-c2ccc(N(c3cccc(-c4cccc(-c5cccc6ccccc56)c4)c3)c3cc4ccccc4c4ccccc34)cc21. The van der Waals surface area contributed by atoms with Crippen LogP contribution in [0.1, 0.15) is 25.0 Å². The van der Waals surface area contributed by atoms with E-state index in [1.807, 2.05) is 0 Å². The number of hydrogen-bond donors (Lipinski definition) is 0. The van der Waals surface area contributed by atoms with Gasteiger partial charge in [-0.2, -0.15) is 0 Å². The van der Waals surface area contributed by atoms with Gasteiger partial charge in [-0.05, 0) is 108 Å². The largest absolute Gasteiger partial charge is 0.310 e. The van der Waals surface area contributed by atoms with Crippen molar-refractivity contribution in [1.82, 2.24) is 0 Å². The van der Waals surface area contributed by atoms with E-state index in [2.05, 4.69) is 207 Å². The lowest BCUT2D eigenvalue weighted by atomic mass is 9.82. The number of nitrogens with zero attached hydrogens (tertiary/aromatic N) is 1. The monoisotopic (exact) mass is 663 g/mol. The molecule has 0 bridgehead atoms. The standard InChI is InChI=1S/C51H37N/c1-51(2)48-27-10-9-24-45(48)46-29-28-40(33-49(46)51)52(50-32-38-15-4-6-22-43(38)44-23-7-8-25-47(44)50)39-20-12-18-36(31-39)35-17-11-19-37(30-35)42-26-13-16-34-14-3-5-21-41(34)42/h3-33H,1-2H3. The minimum Gasteiger partial charge on any atom is -0.310 e. The summed E-state index contributed by atoms with van der Waals surface area (Å²) in [6.07, 6.45) is 0. The highest BCUT2D eigenvalue weighted by atomic mass is 15.1. The highest BCUT2D eigenvalue weighted by Gasteiger charge is 2.35. The van der Waals surface area contributed by atoms with Crippen LogP contribution in [0.15, 0.2) is 188 Å². The Kier molecular flexibility index (Phi) is 6.91. The third-order valence-electron chi connectivity index (χ3n) is 11.2. The molecule has 0 aliphatic heterocycles. The smallest absolute Gasteiger partial charge is 0.0546 e. The maximum Gasteiger partial charge on any atom is 0.0546 e. The van der Waals surface area contributed by atoms with E-state index in [9.17, 15) is 0 Å². The summed E-state index contributed by atoms with van der Waals surface area (Å²) in [7, 11) is 0. The second kappa shape index (κ2) is 11.8. The lowest BCUT2D eigenvalue weighted by Crippen LogP contribution is -2.16. The molecule has 0 saturated heterocycles. The van der Waals surface area contributed by atoms with E-state index < -0.39 is 0 Å². The summed E-state index contributed by atoms with van der Waals surface area (Å²) in [6.45, 7) is 4.72. The van der Waals surface area contributed by atoms with Gasteiger partial charge in [-0.25, -0.2) is 0 Å². The summed E-state index contributed by atoms with van der Waals surface area (Å²) in [5, 5.41) is 7.51. The topological polar surface area (TPSA) is 3.24 Å².